The molecule has 0 amide bonds. The average molecular weight is 200 g/mol. The lowest BCUT2D eigenvalue weighted by Crippen LogP contribution is -2.09. The summed E-state index contributed by atoms with van der Waals surface area (Å²) in [5.41, 5.74) is 3.97. The summed E-state index contributed by atoms with van der Waals surface area (Å²) >= 11 is 0. The number of hydrogen-bond donors (Lipinski definition) is 1. The molecule has 0 aliphatic heterocycles. The predicted molar refractivity (Wildman–Crippen MR) is 57.6 cm³/mol. The molecule has 0 spiro atoms. The fourth-order valence-corrected chi connectivity index (χ4v) is 1.17. The second-order valence-corrected chi connectivity index (χ2v) is 2.98. The van der Waals surface area contributed by atoms with Crippen molar-refractivity contribution in [3.63, 3.8) is 0 Å². The topological polar surface area (TPSA) is 45.0 Å². The maximum absolute atomic E-state index is 11.6. The molecule has 0 radical (unpaired) electrons. The number of rotatable bonds is 3. The van der Waals surface area contributed by atoms with Gasteiger partial charge in [-0.15, -0.1) is 5.43 Å². The Labute approximate surface area is 87.1 Å². The normalized spacial score (nSPS) is 9.60. The molecule has 1 heterocycles. The Hall–Kier alpha value is -2.23. The van der Waals surface area contributed by atoms with E-state index in [9.17, 15) is 4.91 Å². The third-order valence-corrected chi connectivity index (χ3v) is 1.90. The van der Waals surface area contributed by atoms with Crippen LogP contribution in [0, 0.1) is 4.91 Å². The second-order valence-electron chi connectivity index (χ2n) is 2.98. The van der Waals surface area contributed by atoms with Crippen LogP contribution in [-0.2, 0) is 0 Å². The van der Waals surface area contributed by atoms with Gasteiger partial charge in [0, 0.05) is 24.5 Å². The van der Waals surface area contributed by atoms with Crippen molar-refractivity contribution in [1.29, 1.82) is 0 Å². The Kier molecular flexibility index (Phi) is 2.69. The molecule has 74 valence electrons. The molecule has 0 fully saturated rings. The Morgan fingerprint density at radius 2 is 1.67 bits per heavy atom. The molecule has 2 rings (SSSR count). The summed E-state index contributed by atoms with van der Waals surface area (Å²) in [6.07, 6.45) is 3.25. The first-order chi connectivity index (χ1) is 7.36. The molecule has 0 aliphatic rings. The van der Waals surface area contributed by atoms with E-state index in [1.54, 1.807) is 36.7 Å². The van der Waals surface area contributed by atoms with Crippen LogP contribution in [0.1, 0.15) is 0 Å². The van der Waals surface area contributed by atoms with Crippen LogP contribution in [0.3, 0.4) is 0 Å². The summed E-state index contributed by atoms with van der Waals surface area (Å²) in [4.78, 5) is 16.2. The van der Waals surface area contributed by atoms with E-state index in [0.29, 0.717) is 11.4 Å². The molecule has 0 saturated carbocycles. The van der Waals surface area contributed by atoms with E-state index < -0.39 is 0 Å². The van der Waals surface area contributed by atoms with Gasteiger partial charge < -0.3 is 0 Å². The molecule has 15 heavy (non-hydrogen) atoms. The van der Waals surface area contributed by atoms with Crippen LogP contribution in [0.25, 0.3) is 0 Å². The lowest BCUT2D eigenvalue weighted by atomic mass is 10.3. The summed E-state index contributed by atoms with van der Waals surface area (Å²) in [7, 11) is 0. The maximum Gasteiger partial charge on any atom is 0.292 e. The van der Waals surface area contributed by atoms with Gasteiger partial charge >= 0.3 is 0 Å². The van der Waals surface area contributed by atoms with E-state index in [2.05, 4.69) is 10.4 Å². The molecule has 1 N–H and O–H groups in total. The molecule has 1 aromatic carbocycles. The van der Waals surface area contributed by atoms with E-state index in [-0.39, 0.29) is 0 Å². The zero-order chi connectivity index (χ0) is 10.5. The zero-order valence-electron chi connectivity index (χ0n) is 8.00. The lowest BCUT2D eigenvalue weighted by molar-refractivity contribution is -0.427. The number of pyridine rings is 1. The van der Waals surface area contributed by atoms with Crippen LogP contribution in [0.4, 0.5) is 11.4 Å². The molecular formula is C11H10N3O+. The molecule has 0 bridgehead atoms. The third-order valence-electron chi connectivity index (χ3n) is 1.90. The largest absolute Gasteiger partial charge is 0.292 e. The molecule has 0 unspecified atom stereocenters. The van der Waals surface area contributed by atoms with E-state index in [1.807, 2.05) is 18.2 Å². The average Bonchev–Trinajstić information content (AvgIpc) is 2.31. The highest BCUT2D eigenvalue weighted by molar-refractivity contribution is 5.39. The highest BCUT2D eigenvalue weighted by Crippen LogP contribution is 2.12. The van der Waals surface area contributed by atoms with E-state index in [0.717, 1.165) is 4.87 Å². The van der Waals surface area contributed by atoms with Gasteiger partial charge in [0.05, 0.1) is 4.91 Å². The third kappa shape index (κ3) is 2.37. The van der Waals surface area contributed by atoms with Crippen molar-refractivity contribution in [3.05, 3.63) is 59.8 Å². The van der Waals surface area contributed by atoms with Crippen LogP contribution in [-0.4, -0.2) is 9.85 Å². The van der Waals surface area contributed by atoms with Crippen LogP contribution in [0.5, 0.6) is 0 Å². The van der Waals surface area contributed by atoms with Gasteiger partial charge in [0.1, 0.15) is 5.69 Å². The van der Waals surface area contributed by atoms with E-state index in [1.165, 1.54) is 0 Å². The van der Waals surface area contributed by atoms with Gasteiger partial charge in [-0.1, -0.05) is 18.2 Å². The standard InChI is InChI=1S/C11H10N3O/c15-14(11-4-2-1-3-5-11)13-10-6-8-12-9-7-10/h1-9H,(H,12,13,15)/q+1. The van der Waals surface area contributed by atoms with Gasteiger partial charge in [0.25, 0.3) is 5.69 Å². The van der Waals surface area contributed by atoms with E-state index in [4.69, 9.17) is 0 Å². The minimum Gasteiger partial charge on any atom is -0.265 e. The van der Waals surface area contributed by atoms with Gasteiger partial charge in [-0.05, 0) is 12.1 Å². The van der Waals surface area contributed by atoms with Gasteiger partial charge in [-0.25, -0.2) is 0 Å². The van der Waals surface area contributed by atoms with Crippen LogP contribution < -0.4 is 5.43 Å². The lowest BCUT2D eigenvalue weighted by Gasteiger charge is -1.95. The summed E-state index contributed by atoms with van der Waals surface area (Å²) in [5, 5.41) is 0. The van der Waals surface area contributed by atoms with Gasteiger partial charge in [-0.2, -0.15) is 0 Å². The number of nitroso groups, excluding NO2 is 1. The van der Waals surface area contributed by atoms with Gasteiger partial charge in [0.2, 0.25) is 0 Å². The van der Waals surface area contributed by atoms with Crippen molar-refractivity contribution in [2.45, 2.75) is 0 Å². The highest BCUT2D eigenvalue weighted by Gasteiger charge is 2.12. The number of para-hydroxylation sites is 1. The minimum atomic E-state index is 0.564. The number of nitrogens with zero attached hydrogens (tertiary/aromatic N) is 2. The van der Waals surface area contributed by atoms with Crippen molar-refractivity contribution >= 4 is 11.4 Å². The van der Waals surface area contributed by atoms with Crippen molar-refractivity contribution in [3.8, 4) is 0 Å². The zero-order valence-corrected chi connectivity index (χ0v) is 8.00. The Morgan fingerprint density at radius 3 is 2.33 bits per heavy atom. The Balaban J connectivity index is 2.12. The number of aromatic nitrogens is 1. The molecule has 4 heteroatoms. The van der Waals surface area contributed by atoms with Crippen LogP contribution in [0.15, 0.2) is 54.9 Å². The highest BCUT2D eigenvalue weighted by atomic mass is 16.3. The van der Waals surface area contributed by atoms with E-state index >= 15 is 0 Å². The molecule has 0 saturated heterocycles. The first-order valence-corrected chi connectivity index (χ1v) is 4.55. The Bertz CT molecular complexity index is 442. The first kappa shape index (κ1) is 9.33. The molecule has 0 atom stereocenters. The van der Waals surface area contributed by atoms with Crippen molar-refractivity contribution in [2.24, 2.45) is 0 Å². The van der Waals surface area contributed by atoms with Crippen LogP contribution >= 0.6 is 0 Å². The fraction of sp³-hybridized carbons (Fsp3) is 0. The van der Waals surface area contributed by atoms with Crippen molar-refractivity contribution < 1.29 is 4.87 Å². The predicted octanol–water partition coefficient (Wildman–Crippen LogP) is 2.52. The number of benzene rings is 1. The number of nitrogens with one attached hydrogen (secondary N) is 1. The van der Waals surface area contributed by atoms with Gasteiger partial charge in [0.15, 0.2) is 4.87 Å². The smallest absolute Gasteiger partial charge is 0.265 e. The summed E-state index contributed by atoms with van der Waals surface area (Å²) in [6.45, 7) is 0. The Morgan fingerprint density at radius 1 is 1.00 bits per heavy atom. The van der Waals surface area contributed by atoms with Gasteiger partial charge in [-0.3, -0.25) is 4.98 Å². The molecule has 2 aromatic rings. The van der Waals surface area contributed by atoms with Crippen molar-refractivity contribution in [2.75, 3.05) is 5.43 Å². The second kappa shape index (κ2) is 4.32. The summed E-state index contributed by atoms with van der Waals surface area (Å²) in [5.74, 6) is 0. The quantitative estimate of drug-likeness (QED) is 0.611. The monoisotopic (exact) mass is 200 g/mol. The molecule has 0 aliphatic carbocycles. The van der Waals surface area contributed by atoms with Crippen molar-refractivity contribution in [1.82, 2.24) is 4.98 Å². The SMILES string of the molecule is O=[N+](Nc1ccncc1)c1ccccc1. The summed E-state index contributed by atoms with van der Waals surface area (Å²) < 4.78 is 0. The molecule has 4 nitrogen and oxygen atoms in total. The molecule has 1 aromatic heterocycles. The number of anilines is 1. The molecular weight excluding hydrogens is 190 g/mol. The summed E-state index contributed by atoms with van der Waals surface area (Å²) in [6, 6.07) is 12.4. The first-order valence-electron chi connectivity index (χ1n) is 4.55. The number of hydrogen-bond acceptors (Lipinski definition) is 2. The van der Waals surface area contributed by atoms with Crippen LogP contribution in [0.2, 0.25) is 0 Å². The minimum absolute atomic E-state index is 0.564. The maximum atomic E-state index is 11.6. The number of hydrazine groups is 1. The fourth-order valence-electron chi connectivity index (χ4n) is 1.17.